The highest BCUT2D eigenvalue weighted by Gasteiger charge is 2.32. The summed E-state index contributed by atoms with van der Waals surface area (Å²) in [6.07, 6.45) is -2.42. The van der Waals surface area contributed by atoms with Crippen LogP contribution in [0.25, 0.3) is 0 Å². The van der Waals surface area contributed by atoms with Gasteiger partial charge in [0.1, 0.15) is 5.75 Å². The van der Waals surface area contributed by atoms with E-state index in [2.05, 4.69) is 25.6 Å². The molecule has 126 valence electrons. The van der Waals surface area contributed by atoms with Crippen molar-refractivity contribution in [1.82, 2.24) is 4.90 Å². The van der Waals surface area contributed by atoms with Crippen molar-refractivity contribution >= 4 is 28.3 Å². The fourth-order valence-corrected chi connectivity index (χ4v) is 3.10. The van der Waals surface area contributed by atoms with Crippen LogP contribution >= 0.6 is 28.3 Å². The monoisotopic (exact) mass is 402 g/mol. The van der Waals surface area contributed by atoms with Gasteiger partial charge in [-0.3, -0.25) is 4.90 Å². The average molecular weight is 404 g/mol. The Morgan fingerprint density at radius 3 is 2.68 bits per heavy atom. The minimum atomic E-state index is -4.68. The third-order valence-electron chi connectivity index (χ3n) is 3.56. The van der Waals surface area contributed by atoms with Crippen molar-refractivity contribution in [3.8, 4) is 5.75 Å². The van der Waals surface area contributed by atoms with Gasteiger partial charge >= 0.3 is 6.36 Å². The Bertz CT molecular complexity index is 488. The average Bonchev–Trinajstić information content (AvgIpc) is 2.41. The SMILES string of the molecule is Cl.NCC1CCCN(Cc2ccc(OC(F)(F)F)c(Br)c2)C1. The van der Waals surface area contributed by atoms with Crippen LogP contribution in [-0.2, 0) is 6.54 Å². The number of ether oxygens (including phenoxy) is 1. The molecule has 3 nitrogen and oxygen atoms in total. The molecule has 1 aliphatic rings. The Kier molecular flexibility index (Phi) is 7.45. The largest absolute Gasteiger partial charge is 0.573 e. The van der Waals surface area contributed by atoms with E-state index in [1.54, 1.807) is 12.1 Å². The molecule has 1 fully saturated rings. The molecule has 0 aromatic heterocycles. The van der Waals surface area contributed by atoms with Crippen LogP contribution < -0.4 is 10.5 Å². The van der Waals surface area contributed by atoms with Crippen LogP contribution in [0.1, 0.15) is 18.4 Å². The van der Waals surface area contributed by atoms with Gasteiger partial charge in [-0.25, -0.2) is 0 Å². The van der Waals surface area contributed by atoms with E-state index >= 15 is 0 Å². The number of halogens is 5. The molecule has 1 unspecified atom stereocenters. The van der Waals surface area contributed by atoms with E-state index in [0.29, 0.717) is 23.5 Å². The van der Waals surface area contributed by atoms with Gasteiger partial charge in [0, 0.05) is 13.1 Å². The lowest BCUT2D eigenvalue weighted by atomic mass is 9.98. The van der Waals surface area contributed by atoms with Crippen LogP contribution in [0.2, 0.25) is 0 Å². The van der Waals surface area contributed by atoms with Crippen LogP contribution in [-0.4, -0.2) is 30.9 Å². The van der Waals surface area contributed by atoms with Crippen molar-refractivity contribution in [3.05, 3.63) is 28.2 Å². The van der Waals surface area contributed by atoms with Gasteiger partial charge in [-0.2, -0.15) is 0 Å². The fraction of sp³-hybridized carbons (Fsp3) is 0.571. The normalized spacial score (nSPS) is 19.6. The maximum Gasteiger partial charge on any atom is 0.573 e. The van der Waals surface area contributed by atoms with Crippen LogP contribution in [0, 0.1) is 5.92 Å². The number of alkyl halides is 3. The molecular weight excluding hydrogens is 385 g/mol. The zero-order chi connectivity index (χ0) is 15.5. The van der Waals surface area contributed by atoms with Gasteiger partial charge in [-0.05, 0) is 65.5 Å². The highest BCUT2D eigenvalue weighted by molar-refractivity contribution is 9.10. The minimum Gasteiger partial charge on any atom is -0.405 e. The zero-order valence-corrected chi connectivity index (χ0v) is 14.3. The summed E-state index contributed by atoms with van der Waals surface area (Å²) in [6.45, 7) is 3.32. The molecular formula is C14H19BrClF3N2O. The van der Waals surface area contributed by atoms with Crippen LogP contribution in [0.3, 0.4) is 0 Å². The first-order valence-corrected chi connectivity index (χ1v) is 7.63. The first-order chi connectivity index (χ1) is 9.87. The summed E-state index contributed by atoms with van der Waals surface area (Å²) in [5.74, 6) is 0.291. The second-order valence-corrected chi connectivity index (χ2v) is 6.15. The van der Waals surface area contributed by atoms with Gasteiger partial charge in [0.05, 0.1) is 4.47 Å². The zero-order valence-electron chi connectivity index (χ0n) is 11.9. The topological polar surface area (TPSA) is 38.5 Å². The van der Waals surface area contributed by atoms with Crippen molar-refractivity contribution in [1.29, 1.82) is 0 Å². The summed E-state index contributed by atoms with van der Waals surface area (Å²) in [6, 6.07) is 4.68. The molecule has 2 N–H and O–H groups in total. The van der Waals surface area contributed by atoms with Crippen molar-refractivity contribution < 1.29 is 17.9 Å². The molecule has 0 amide bonds. The van der Waals surface area contributed by atoms with Gasteiger partial charge in [0.25, 0.3) is 0 Å². The Morgan fingerprint density at radius 1 is 1.36 bits per heavy atom. The first kappa shape index (κ1) is 19.5. The Labute approximate surface area is 142 Å². The molecule has 1 heterocycles. The van der Waals surface area contributed by atoms with E-state index in [-0.39, 0.29) is 18.2 Å². The summed E-state index contributed by atoms with van der Waals surface area (Å²) < 4.78 is 40.9. The summed E-state index contributed by atoms with van der Waals surface area (Å²) in [5.41, 5.74) is 6.66. The Hall–Kier alpha value is -0.500. The Balaban J connectivity index is 0.00000242. The van der Waals surface area contributed by atoms with Gasteiger partial charge in [0.15, 0.2) is 0 Å². The van der Waals surface area contributed by atoms with E-state index < -0.39 is 6.36 Å². The van der Waals surface area contributed by atoms with E-state index in [4.69, 9.17) is 5.73 Å². The maximum absolute atomic E-state index is 12.2. The Morgan fingerprint density at radius 2 is 2.09 bits per heavy atom. The molecule has 1 aromatic carbocycles. The molecule has 1 aliphatic heterocycles. The summed E-state index contributed by atoms with van der Waals surface area (Å²) in [7, 11) is 0. The van der Waals surface area contributed by atoms with Crippen LogP contribution in [0.4, 0.5) is 13.2 Å². The molecule has 0 bridgehead atoms. The maximum atomic E-state index is 12.2. The van der Waals surface area contributed by atoms with Crippen LogP contribution in [0.5, 0.6) is 5.75 Å². The number of hydrogen-bond donors (Lipinski definition) is 1. The molecule has 0 spiro atoms. The van der Waals surface area contributed by atoms with Gasteiger partial charge in [-0.1, -0.05) is 6.07 Å². The molecule has 0 radical (unpaired) electrons. The highest BCUT2D eigenvalue weighted by Crippen LogP contribution is 2.31. The highest BCUT2D eigenvalue weighted by atomic mass is 79.9. The molecule has 1 aromatic rings. The lowest BCUT2D eigenvalue weighted by Gasteiger charge is -2.32. The van der Waals surface area contributed by atoms with Gasteiger partial charge in [-0.15, -0.1) is 25.6 Å². The number of hydrogen-bond acceptors (Lipinski definition) is 3. The molecule has 1 atom stereocenters. The summed E-state index contributed by atoms with van der Waals surface area (Å²) in [5, 5.41) is 0. The van der Waals surface area contributed by atoms with Crippen molar-refractivity contribution in [2.45, 2.75) is 25.7 Å². The second kappa shape index (κ2) is 8.38. The summed E-state index contributed by atoms with van der Waals surface area (Å²) in [4.78, 5) is 2.28. The predicted octanol–water partition coefficient (Wildman–Crippen LogP) is 3.94. The molecule has 0 aliphatic carbocycles. The van der Waals surface area contributed by atoms with Crippen molar-refractivity contribution in [3.63, 3.8) is 0 Å². The molecule has 2 rings (SSSR count). The second-order valence-electron chi connectivity index (χ2n) is 5.29. The third-order valence-corrected chi connectivity index (χ3v) is 4.18. The lowest BCUT2D eigenvalue weighted by Crippen LogP contribution is -2.37. The van der Waals surface area contributed by atoms with Gasteiger partial charge in [0.2, 0.25) is 0 Å². The smallest absolute Gasteiger partial charge is 0.405 e. The number of piperidine rings is 1. The number of nitrogens with two attached hydrogens (primary N) is 1. The van der Waals surface area contributed by atoms with E-state index in [9.17, 15) is 13.2 Å². The molecule has 1 saturated heterocycles. The number of rotatable bonds is 4. The van der Waals surface area contributed by atoms with Crippen molar-refractivity contribution in [2.75, 3.05) is 19.6 Å². The number of likely N-dealkylation sites (tertiary alicyclic amines) is 1. The first-order valence-electron chi connectivity index (χ1n) is 6.84. The molecule has 22 heavy (non-hydrogen) atoms. The molecule has 0 saturated carbocycles. The third kappa shape index (κ3) is 5.95. The summed E-state index contributed by atoms with van der Waals surface area (Å²) >= 11 is 3.13. The fourth-order valence-electron chi connectivity index (χ4n) is 2.60. The molecule has 8 heteroatoms. The van der Waals surface area contributed by atoms with Gasteiger partial charge < -0.3 is 10.5 Å². The van der Waals surface area contributed by atoms with E-state index in [1.807, 2.05) is 0 Å². The number of nitrogens with zero attached hydrogens (tertiary/aromatic N) is 1. The lowest BCUT2D eigenvalue weighted by molar-refractivity contribution is -0.274. The minimum absolute atomic E-state index is 0. The quantitative estimate of drug-likeness (QED) is 0.827. The van der Waals surface area contributed by atoms with E-state index in [0.717, 1.165) is 31.5 Å². The standard InChI is InChI=1S/C14H18BrF3N2O.ClH/c15-12-6-10(3-4-13(12)21-14(16,17)18)8-20-5-1-2-11(7-19)9-20;/h3-4,6,11H,1-2,5,7-9,19H2;1H. The predicted molar refractivity (Wildman–Crippen MR) is 85.1 cm³/mol. The van der Waals surface area contributed by atoms with Crippen LogP contribution in [0.15, 0.2) is 22.7 Å². The number of benzene rings is 1. The van der Waals surface area contributed by atoms with Crippen molar-refractivity contribution in [2.24, 2.45) is 11.7 Å². The van der Waals surface area contributed by atoms with E-state index in [1.165, 1.54) is 6.07 Å².